The lowest BCUT2D eigenvalue weighted by Gasteiger charge is -2.11. The van der Waals surface area contributed by atoms with Crippen LogP contribution in [0.2, 0.25) is 0 Å². The Morgan fingerprint density at radius 3 is 2.71 bits per heavy atom. The van der Waals surface area contributed by atoms with E-state index in [4.69, 9.17) is 9.47 Å². The minimum Gasteiger partial charge on any atom is -0.493 e. The van der Waals surface area contributed by atoms with E-state index < -0.39 is 10.8 Å². The SMILES string of the molecule is COc1cc(C(=O)NCCCn2ccc3cccnc32)c([N+](=O)[O-])cc1OC. The maximum atomic E-state index is 12.5. The number of methoxy groups -OCH3 is 2. The molecular weight excluding hydrogens is 364 g/mol. The van der Waals surface area contributed by atoms with E-state index in [2.05, 4.69) is 10.3 Å². The smallest absolute Gasteiger partial charge is 0.286 e. The van der Waals surface area contributed by atoms with E-state index in [0.29, 0.717) is 19.5 Å². The number of aromatic nitrogens is 2. The molecule has 1 N–H and O–H groups in total. The quantitative estimate of drug-likeness (QED) is 0.363. The first kappa shape index (κ1) is 19.2. The van der Waals surface area contributed by atoms with Gasteiger partial charge in [0.25, 0.3) is 11.6 Å². The normalized spacial score (nSPS) is 10.6. The van der Waals surface area contributed by atoms with Crippen LogP contribution in [0.5, 0.6) is 11.5 Å². The highest BCUT2D eigenvalue weighted by Crippen LogP contribution is 2.34. The molecule has 9 heteroatoms. The van der Waals surface area contributed by atoms with Crippen molar-refractivity contribution in [2.24, 2.45) is 0 Å². The minimum atomic E-state index is -0.617. The summed E-state index contributed by atoms with van der Waals surface area (Å²) in [6.07, 6.45) is 4.32. The third-order valence-corrected chi connectivity index (χ3v) is 4.33. The number of fused-ring (bicyclic) bond motifs is 1. The van der Waals surface area contributed by atoms with Crippen molar-refractivity contribution in [3.05, 3.63) is 58.4 Å². The number of nitro benzene ring substituents is 1. The molecule has 0 saturated heterocycles. The second-order valence-electron chi connectivity index (χ2n) is 6.02. The number of benzene rings is 1. The zero-order chi connectivity index (χ0) is 20.1. The molecule has 0 aliphatic rings. The van der Waals surface area contributed by atoms with Crippen LogP contribution in [0.15, 0.2) is 42.7 Å². The third-order valence-electron chi connectivity index (χ3n) is 4.33. The van der Waals surface area contributed by atoms with Crippen LogP contribution in [0, 0.1) is 10.1 Å². The minimum absolute atomic E-state index is 0.0734. The van der Waals surface area contributed by atoms with Gasteiger partial charge in [0, 0.05) is 36.9 Å². The highest BCUT2D eigenvalue weighted by molar-refractivity contribution is 5.99. The monoisotopic (exact) mass is 384 g/mol. The molecule has 0 aliphatic carbocycles. The second-order valence-corrected chi connectivity index (χ2v) is 6.02. The van der Waals surface area contributed by atoms with Crippen molar-refractivity contribution < 1.29 is 19.2 Å². The number of pyridine rings is 1. The molecule has 0 bridgehead atoms. The number of nitrogens with one attached hydrogen (secondary N) is 1. The molecule has 3 rings (SSSR count). The molecular formula is C19H20N4O5. The Hall–Kier alpha value is -3.62. The summed E-state index contributed by atoms with van der Waals surface area (Å²) in [5.41, 5.74) is 0.468. The zero-order valence-corrected chi connectivity index (χ0v) is 15.5. The Kier molecular flexibility index (Phi) is 5.73. The standard InChI is InChI=1S/C19H20N4O5/c1-27-16-11-14(15(23(25)26)12-17(16)28-2)19(24)21-8-4-9-22-10-6-13-5-3-7-20-18(13)22/h3,5-7,10-12H,4,8-9H2,1-2H3,(H,21,24). The molecule has 146 valence electrons. The van der Waals surface area contributed by atoms with Crippen molar-refractivity contribution in [3.63, 3.8) is 0 Å². The van der Waals surface area contributed by atoms with Crippen LogP contribution in [-0.2, 0) is 6.54 Å². The topological polar surface area (TPSA) is 109 Å². The van der Waals surface area contributed by atoms with Gasteiger partial charge in [0.15, 0.2) is 11.5 Å². The number of nitrogens with zero attached hydrogens (tertiary/aromatic N) is 3. The first-order chi connectivity index (χ1) is 13.5. The Labute approximate surface area is 161 Å². The van der Waals surface area contributed by atoms with Crippen molar-refractivity contribution in [1.82, 2.24) is 14.9 Å². The number of rotatable bonds is 8. The molecule has 2 heterocycles. The summed E-state index contributed by atoms with van der Waals surface area (Å²) in [6, 6.07) is 8.34. The Morgan fingerprint density at radius 2 is 2.00 bits per heavy atom. The number of nitro groups is 1. The van der Waals surface area contributed by atoms with Crippen molar-refractivity contribution in [2.45, 2.75) is 13.0 Å². The summed E-state index contributed by atoms with van der Waals surface area (Å²) >= 11 is 0. The highest BCUT2D eigenvalue weighted by Gasteiger charge is 2.24. The van der Waals surface area contributed by atoms with E-state index in [1.807, 2.05) is 29.0 Å². The fourth-order valence-electron chi connectivity index (χ4n) is 2.95. The lowest BCUT2D eigenvalue weighted by molar-refractivity contribution is -0.385. The first-order valence-corrected chi connectivity index (χ1v) is 8.63. The number of hydrogen-bond acceptors (Lipinski definition) is 6. The maximum Gasteiger partial charge on any atom is 0.286 e. The molecule has 2 aromatic heterocycles. The molecule has 0 saturated carbocycles. The Balaban J connectivity index is 1.66. The van der Waals surface area contributed by atoms with Crippen LogP contribution in [0.1, 0.15) is 16.8 Å². The van der Waals surface area contributed by atoms with Gasteiger partial charge in [-0.05, 0) is 24.6 Å². The average molecular weight is 384 g/mol. The number of carbonyl (C=O) groups excluding carboxylic acids is 1. The summed E-state index contributed by atoms with van der Waals surface area (Å²) in [4.78, 5) is 27.5. The van der Waals surface area contributed by atoms with E-state index >= 15 is 0 Å². The fourth-order valence-corrected chi connectivity index (χ4v) is 2.95. The molecule has 0 radical (unpaired) electrons. The van der Waals surface area contributed by atoms with Crippen LogP contribution in [0.3, 0.4) is 0 Å². The van der Waals surface area contributed by atoms with Gasteiger partial charge in [-0.2, -0.15) is 0 Å². The van der Waals surface area contributed by atoms with Crippen LogP contribution < -0.4 is 14.8 Å². The van der Waals surface area contributed by atoms with Gasteiger partial charge in [0.05, 0.1) is 25.2 Å². The number of aryl methyl sites for hydroxylation is 1. The zero-order valence-electron chi connectivity index (χ0n) is 15.5. The Morgan fingerprint density at radius 1 is 1.25 bits per heavy atom. The largest absolute Gasteiger partial charge is 0.493 e. The van der Waals surface area contributed by atoms with Gasteiger partial charge in [-0.1, -0.05) is 0 Å². The van der Waals surface area contributed by atoms with Crippen molar-refractivity contribution >= 4 is 22.6 Å². The first-order valence-electron chi connectivity index (χ1n) is 8.63. The molecule has 3 aromatic rings. The van der Waals surface area contributed by atoms with Crippen molar-refractivity contribution in [1.29, 1.82) is 0 Å². The van der Waals surface area contributed by atoms with Gasteiger partial charge < -0.3 is 19.4 Å². The van der Waals surface area contributed by atoms with Gasteiger partial charge in [0.2, 0.25) is 0 Å². The van der Waals surface area contributed by atoms with Crippen molar-refractivity contribution in [2.75, 3.05) is 20.8 Å². The number of amides is 1. The van der Waals surface area contributed by atoms with Crippen LogP contribution in [0.25, 0.3) is 11.0 Å². The van der Waals surface area contributed by atoms with E-state index in [0.717, 1.165) is 11.0 Å². The molecule has 0 aliphatic heterocycles. The van der Waals surface area contributed by atoms with Gasteiger partial charge in [-0.25, -0.2) is 4.98 Å². The molecule has 1 amide bonds. The molecule has 0 unspecified atom stereocenters. The molecule has 0 fully saturated rings. The lowest BCUT2D eigenvalue weighted by Crippen LogP contribution is -2.26. The van der Waals surface area contributed by atoms with Gasteiger partial charge in [-0.3, -0.25) is 14.9 Å². The number of ether oxygens (including phenoxy) is 2. The summed E-state index contributed by atoms with van der Waals surface area (Å²) < 4.78 is 12.2. The summed E-state index contributed by atoms with van der Waals surface area (Å²) in [5, 5.41) is 15.1. The second kappa shape index (κ2) is 8.38. The van der Waals surface area contributed by atoms with E-state index in [-0.39, 0.29) is 22.7 Å². The number of hydrogen-bond donors (Lipinski definition) is 1. The molecule has 28 heavy (non-hydrogen) atoms. The summed E-state index contributed by atoms with van der Waals surface area (Å²) in [5.74, 6) is -0.0935. The summed E-state index contributed by atoms with van der Waals surface area (Å²) in [6.45, 7) is 1.02. The molecule has 1 aromatic carbocycles. The molecule has 0 atom stereocenters. The van der Waals surface area contributed by atoms with Crippen LogP contribution >= 0.6 is 0 Å². The fraction of sp³-hybridized carbons (Fsp3) is 0.263. The number of carbonyl (C=O) groups is 1. The summed E-state index contributed by atoms with van der Waals surface area (Å²) in [7, 11) is 2.78. The van der Waals surface area contributed by atoms with Gasteiger partial charge in [0.1, 0.15) is 11.2 Å². The van der Waals surface area contributed by atoms with E-state index in [1.54, 1.807) is 6.20 Å². The van der Waals surface area contributed by atoms with Gasteiger partial charge >= 0.3 is 0 Å². The third kappa shape index (κ3) is 3.88. The predicted octanol–water partition coefficient (Wildman–Crippen LogP) is 2.78. The maximum absolute atomic E-state index is 12.5. The van der Waals surface area contributed by atoms with Crippen LogP contribution in [0.4, 0.5) is 5.69 Å². The predicted molar refractivity (Wildman–Crippen MR) is 103 cm³/mol. The molecule has 0 spiro atoms. The van der Waals surface area contributed by atoms with E-state index in [1.165, 1.54) is 26.4 Å². The van der Waals surface area contributed by atoms with Crippen LogP contribution in [-0.4, -0.2) is 41.1 Å². The van der Waals surface area contributed by atoms with Gasteiger partial charge in [-0.15, -0.1) is 0 Å². The molecule has 9 nitrogen and oxygen atoms in total. The highest BCUT2D eigenvalue weighted by atomic mass is 16.6. The Bertz CT molecular complexity index is 1010. The van der Waals surface area contributed by atoms with Crippen molar-refractivity contribution in [3.8, 4) is 11.5 Å². The average Bonchev–Trinajstić information content (AvgIpc) is 3.13. The lowest BCUT2D eigenvalue weighted by atomic mass is 10.1. The van der Waals surface area contributed by atoms with E-state index in [9.17, 15) is 14.9 Å².